The Morgan fingerprint density at radius 3 is 2.60 bits per heavy atom. The Morgan fingerprint density at radius 1 is 1.32 bits per heavy atom. The van der Waals surface area contributed by atoms with Gasteiger partial charge >= 0.3 is 0 Å². The number of morpholine rings is 1. The number of hydrogen-bond donors (Lipinski definition) is 1. The van der Waals surface area contributed by atoms with Gasteiger partial charge in [-0.05, 0) is 19.9 Å². The molecule has 0 radical (unpaired) electrons. The van der Waals surface area contributed by atoms with E-state index in [2.05, 4.69) is 5.32 Å². The Morgan fingerprint density at radius 2 is 2.04 bits per heavy atom. The molecule has 1 aromatic rings. The van der Waals surface area contributed by atoms with Crippen LogP contribution in [0.3, 0.4) is 0 Å². The zero-order valence-corrected chi connectivity index (χ0v) is 16.3. The van der Waals surface area contributed by atoms with Crippen molar-refractivity contribution >= 4 is 27.3 Å². The van der Waals surface area contributed by atoms with Crippen LogP contribution in [0.15, 0.2) is 11.0 Å². The fourth-order valence-corrected chi connectivity index (χ4v) is 6.22. The minimum absolute atomic E-state index is 0.0550. The highest BCUT2D eigenvalue weighted by Crippen LogP contribution is 2.28. The van der Waals surface area contributed by atoms with Crippen LogP contribution in [0.1, 0.15) is 16.2 Å². The molecule has 0 bridgehead atoms. The van der Waals surface area contributed by atoms with Gasteiger partial charge in [-0.25, -0.2) is 8.42 Å². The maximum Gasteiger partial charge on any atom is 0.244 e. The molecule has 1 N–H and O–H groups in total. The SMILES string of the molecule is Cc1cc(S(=O)(=O)N2CCN(C(=O)CC3COCCN3)CC2)c(C)s1. The predicted molar refractivity (Wildman–Crippen MR) is 96.4 cm³/mol. The molecule has 2 aliphatic heterocycles. The molecular formula is C16H25N3O4S2. The maximum absolute atomic E-state index is 12.8. The smallest absolute Gasteiger partial charge is 0.244 e. The van der Waals surface area contributed by atoms with Crippen molar-refractivity contribution in [3.63, 3.8) is 0 Å². The van der Waals surface area contributed by atoms with Gasteiger partial charge in [-0.1, -0.05) is 0 Å². The third-order valence-corrected chi connectivity index (χ3v) is 7.74. The molecule has 0 aliphatic carbocycles. The number of rotatable bonds is 4. The van der Waals surface area contributed by atoms with E-state index in [4.69, 9.17) is 4.74 Å². The third kappa shape index (κ3) is 4.22. The summed E-state index contributed by atoms with van der Waals surface area (Å²) in [4.78, 5) is 16.4. The normalized spacial score (nSPS) is 23.0. The fraction of sp³-hybridized carbons (Fsp3) is 0.688. The predicted octanol–water partition coefficient (Wildman–Crippen LogP) is 0.576. The minimum Gasteiger partial charge on any atom is -0.378 e. The van der Waals surface area contributed by atoms with Gasteiger partial charge in [0.1, 0.15) is 0 Å². The molecule has 1 atom stereocenters. The largest absolute Gasteiger partial charge is 0.378 e. The van der Waals surface area contributed by atoms with E-state index in [9.17, 15) is 13.2 Å². The van der Waals surface area contributed by atoms with Crippen molar-refractivity contribution in [3.8, 4) is 0 Å². The second-order valence-corrected chi connectivity index (χ2v) is 9.86. The van der Waals surface area contributed by atoms with Crippen molar-refractivity contribution in [3.05, 3.63) is 15.8 Å². The molecule has 9 heteroatoms. The Kier molecular flexibility index (Phi) is 5.79. The van der Waals surface area contributed by atoms with Crippen LogP contribution in [0.2, 0.25) is 0 Å². The highest BCUT2D eigenvalue weighted by molar-refractivity contribution is 7.89. The molecular weight excluding hydrogens is 362 g/mol. The zero-order chi connectivity index (χ0) is 18.0. The van der Waals surface area contributed by atoms with Gasteiger partial charge < -0.3 is 15.0 Å². The summed E-state index contributed by atoms with van der Waals surface area (Å²) in [5, 5.41) is 3.27. The van der Waals surface area contributed by atoms with Crippen molar-refractivity contribution in [2.45, 2.75) is 31.2 Å². The number of amides is 1. The van der Waals surface area contributed by atoms with Gasteiger partial charge in [0, 0.05) is 54.9 Å². The van der Waals surface area contributed by atoms with Gasteiger partial charge in [-0.15, -0.1) is 11.3 Å². The molecule has 2 fully saturated rings. The second-order valence-electron chi connectivity index (χ2n) is 6.49. The molecule has 3 rings (SSSR count). The summed E-state index contributed by atoms with van der Waals surface area (Å²) in [6.45, 7) is 7.32. The number of nitrogens with one attached hydrogen (secondary N) is 1. The van der Waals surface area contributed by atoms with Gasteiger partial charge in [0.2, 0.25) is 15.9 Å². The van der Waals surface area contributed by atoms with Crippen molar-refractivity contribution in [1.82, 2.24) is 14.5 Å². The summed E-state index contributed by atoms with van der Waals surface area (Å²) in [6.07, 6.45) is 0.398. The van der Waals surface area contributed by atoms with E-state index in [0.29, 0.717) is 50.7 Å². The van der Waals surface area contributed by atoms with Crippen LogP contribution < -0.4 is 5.32 Å². The Balaban J connectivity index is 1.57. The summed E-state index contributed by atoms with van der Waals surface area (Å²) in [7, 11) is -3.47. The second kappa shape index (κ2) is 7.71. The lowest BCUT2D eigenvalue weighted by atomic mass is 10.1. The van der Waals surface area contributed by atoms with Crippen LogP contribution in [0, 0.1) is 13.8 Å². The molecule has 0 aromatic carbocycles. The molecule has 2 saturated heterocycles. The topological polar surface area (TPSA) is 79.0 Å². The standard InChI is InChI=1S/C16H25N3O4S2/c1-12-9-15(13(2)24-12)25(21,22)19-6-4-18(5-7-19)16(20)10-14-11-23-8-3-17-14/h9,14,17H,3-8,10-11H2,1-2H3. The van der Waals surface area contributed by atoms with Crippen molar-refractivity contribution < 1.29 is 17.9 Å². The fourth-order valence-electron chi connectivity index (χ4n) is 3.27. The first-order valence-electron chi connectivity index (χ1n) is 8.54. The average Bonchev–Trinajstić information content (AvgIpc) is 2.95. The summed E-state index contributed by atoms with van der Waals surface area (Å²) in [5.41, 5.74) is 0. The number of aryl methyl sites for hydroxylation is 2. The van der Waals surface area contributed by atoms with Gasteiger partial charge in [-0.3, -0.25) is 4.79 Å². The Labute approximate surface area is 153 Å². The van der Waals surface area contributed by atoms with Crippen LogP contribution in [0.25, 0.3) is 0 Å². The highest BCUT2D eigenvalue weighted by atomic mass is 32.2. The van der Waals surface area contributed by atoms with E-state index in [-0.39, 0.29) is 11.9 Å². The number of piperazine rings is 1. The Hall–Kier alpha value is -1.00. The van der Waals surface area contributed by atoms with E-state index in [1.807, 2.05) is 13.8 Å². The number of carbonyl (C=O) groups excluding carboxylic acids is 1. The van der Waals surface area contributed by atoms with E-state index in [1.54, 1.807) is 11.0 Å². The molecule has 25 heavy (non-hydrogen) atoms. The average molecular weight is 388 g/mol. The minimum atomic E-state index is -3.47. The zero-order valence-electron chi connectivity index (χ0n) is 14.7. The lowest BCUT2D eigenvalue weighted by molar-refractivity contribution is -0.133. The first-order valence-corrected chi connectivity index (χ1v) is 10.8. The molecule has 1 amide bonds. The molecule has 140 valence electrons. The van der Waals surface area contributed by atoms with E-state index in [0.717, 1.165) is 16.3 Å². The molecule has 0 saturated carbocycles. The highest BCUT2D eigenvalue weighted by Gasteiger charge is 2.32. The van der Waals surface area contributed by atoms with Crippen molar-refractivity contribution in [1.29, 1.82) is 0 Å². The summed E-state index contributed by atoms with van der Waals surface area (Å²) >= 11 is 1.50. The molecule has 7 nitrogen and oxygen atoms in total. The Bertz CT molecular complexity index is 718. The lowest BCUT2D eigenvalue weighted by Gasteiger charge is -2.35. The van der Waals surface area contributed by atoms with E-state index < -0.39 is 10.0 Å². The van der Waals surface area contributed by atoms with Crippen LogP contribution >= 0.6 is 11.3 Å². The van der Waals surface area contributed by atoms with E-state index >= 15 is 0 Å². The van der Waals surface area contributed by atoms with Crippen molar-refractivity contribution in [2.24, 2.45) is 0 Å². The number of sulfonamides is 1. The number of carbonyl (C=O) groups is 1. The van der Waals surface area contributed by atoms with Crippen molar-refractivity contribution in [2.75, 3.05) is 45.9 Å². The summed E-state index contributed by atoms with van der Waals surface area (Å²) < 4.78 is 32.5. The number of ether oxygens (including phenoxy) is 1. The summed E-state index contributed by atoms with van der Waals surface area (Å²) in [5.74, 6) is 0.0580. The van der Waals surface area contributed by atoms with Gasteiger partial charge in [0.05, 0.1) is 18.1 Å². The molecule has 3 heterocycles. The lowest BCUT2D eigenvalue weighted by Crippen LogP contribution is -2.52. The van der Waals surface area contributed by atoms with Gasteiger partial charge in [0.25, 0.3) is 0 Å². The number of thiophene rings is 1. The van der Waals surface area contributed by atoms with Crippen LogP contribution in [0.4, 0.5) is 0 Å². The van der Waals surface area contributed by atoms with Gasteiger partial charge in [0.15, 0.2) is 0 Å². The molecule has 2 aliphatic rings. The third-order valence-electron chi connectivity index (χ3n) is 4.62. The molecule has 1 aromatic heterocycles. The van der Waals surface area contributed by atoms with E-state index in [1.165, 1.54) is 15.6 Å². The summed E-state index contributed by atoms with van der Waals surface area (Å²) in [6, 6.07) is 1.79. The first-order chi connectivity index (χ1) is 11.9. The monoisotopic (exact) mass is 387 g/mol. The maximum atomic E-state index is 12.8. The first kappa shape index (κ1) is 18.8. The van der Waals surface area contributed by atoms with Crippen LogP contribution in [0.5, 0.6) is 0 Å². The molecule has 0 spiro atoms. The molecule has 1 unspecified atom stereocenters. The number of nitrogens with zero attached hydrogens (tertiary/aromatic N) is 2. The van der Waals surface area contributed by atoms with Crippen LogP contribution in [-0.2, 0) is 19.6 Å². The number of hydrogen-bond acceptors (Lipinski definition) is 6. The van der Waals surface area contributed by atoms with Crippen LogP contribution in [-0.4, -0.2) is 75.5 Å². The quantitative estimate of drug-likeness (QED) is 0.817. The van der Waals surface area contributed by atoms with Gasteiger partial charge in [-0.2, -0.15) is 4.31 Å².